The Kier molecular flexibility index (Phi) is 5.78. The van der Waals surface area contributed by atoms with E-state index in [1.165, 1.54) is 5.56 Å². The molecule has 1 aromatic carbocycles. The quantitative estimate of drug-likeness (QED) is 0.616. The summed E-state index contributed by atoms with van der Waals surface area (Å²) >= 11 is 6.39. The standard InChI is InChI=1S/C25H28ClN5O2/c26-18-6-9-22-17(11-18)12-19(28-20-14-32-15-20)13-23-29-30-25(31(22)23)16-4-7-21(8-5-16)33-24-3-1-2-10-27-24/h1-3,6,9-11,16,19-21,28H,4-5,7-8,12-15H2. The first-order valence-electron chi connectivity index (χ1n) is 11.9. The van der Waals surface area contributed by atoms with Gasteiger partial charge in [0.1, 0.15) is 17.8 Å². The van der Waals surface area contributed by atoms with Crippen molar-refractivity contribution in [2.45, 2.75) is 62.6 Å². The topological polar surface area (TPSA) is 74.1 Å². The Bertz CT molecular complexity index is 1110. The van der Waals surface area contributed by atoms with Crippen LogP contribution in [-0.4, -0.2) is 51.1 Å². The molecule has 0 bridgehead atoms. The summed E-state index contributed by atoms with van der Waals surface area (Å²) in [5.41, 5.74) is 2.41. The van der Waals surface area contributed by atoms with Gasteiger partial charge in [0.2, 0.25) is 5.88 Å². The first-order valence-corrected chi connectivity index (χ1v) is 12.2. The van der Waals surface area contributed by atoms with Crippen LogP contribution in [0.4, 0.5) is 0 Å². The molecule has 3 aromatic rings. The highest BCUT2D eigenvalue weighted by atomic mass is 35.5. The lowest BCUT2D eigenvalue weighted by atomic mass is 9.86. The minimum absolute atomic E-state index is 0.201. The number of hydrogen-bond acceptors (Lipinski definition) is 6. The highest BCUT2D eigenvalue weighted by molar-refractivity contribution is 6.30. The van der Waals surface area contributed by atoms with Crippen molar-refractivity contribution in [2.75, 3.05) is 13.2 Å². The lowest BCUT2D eigenvalue weighted by molar-refractivity contribution is -0.00999. The molecule has 6 rings (SSSR count). The van der Waals surface area contributed by atoms with Gasteiger partial charge < -0.3 is 14.8 Å². The maximum atomic E-state index is 6.39. The second kappa shape index (κ2) is 9.05. The van der Waals surface area contributed by atoms with Crippen molar-refractivity contribution in [1.82, 2.24) is 25.1 Å². The normalized spacial score (nSPS) is 24.9. The van der Waals surface area contributed by atoms with Gasteiger partial charge in [0, 0.05) is 35.7 Å². The van der Waals surface area contributed by atoms with E-state index in [2.05, 4.69) is 32.1 Å². The molecule has 1 atom stereocenters. The summed E-state index contributed by atoms with van der Waals surface area (Å²) in [5, 5.41) is 13.9. The van der Waals surface area contributed by atoms with Crippen LogP contribution in [0.5, 0.6) is 5.88 Å². The van der Waals surface area contributed by atoms with Gasteiger partial charge in [-0.05, 0) is 61.9 Å². The smallest absolute Gasteiger partial charge is 0.213 e. The van der Waals surface area contributed by atoms with Crippen molar-refractivity contribution in [3.8, 4) is 11.6 Å². The molecule has 1 saturated carbocycles. The van der Waals surface area contributed by atoms with Crippen LogP contribution in [0.15, 0.2) is 42.6 Å². The third-order valence-electron chi connectivity index (χ3n) is 7.01. The van der Waals surface area contributed by atoms with Crippen molar-refractivity contribution in [3.05, 3.63) is 64.8 Å². The number of ether oxygens (including phenoxy) is 2. The average Bonchev–Trinajstić information content (AvgIpc) is 3.14. The fourth-order valence-electron chi connectivity index (χ4n) is 5.29. The molecule has 3 aliphatic rings. The maximum absolute atomic E-state index is 6.39. The largest absolute Gasteiger partial charge is 0.474 e. The molecule has 8 heteroatoms. The predicted molar refractivity (Wildman–Crippen MR) is 125 cm³/mol. The summed E-state index contributed by atoms with van der Waals surface area (Å²) < 4.78 is 13.8. The molecule has 1 aliphatic carbocycles. The first-order chi connectivity index (χ1) is 16.2. The molecule has 0 radical (unpaired) electrons. The minimum Gasteiger partial charge on any atom is -0.474 e. The Morgan fingerprint density at radius 2 is 1.88 bits per heavy atom. The Balaban J connectivity index is 1.24. The van der Waals surface area contributed by atoms with E-state index in [0.717, 1.165) is 74.1 Å². The Labute approximate surface area is 198 Å². The van der Waals surface area contributed by atoms with Gasteiger partial charge in [0.15, 0.2) is 0 Å². The maximum Gasteiger partial charge on any atom is 0.213 e. The Hall–Kier alpha value is -2.48. The molecule has 2 fully saturated rings. The van der Waals surface area contributed by atoms with E-state index in [9.17, 15) is 0 Å². The predicted octanol–water partition coefficient (Wildman–Crippen LogP) is 3.88. The Morgan fingerprint density at radius 3 is 2.64 bits per heavy atom. The van der Waals surface area contributed by atoms with Gasteiger partial charge in [-0.2, -0.15) is 0 Å². The lowest BCUT2D eigenvalue weighted by Crippen LogP contribution is -2.51. The molecule has 1 N–H and O–H groups in total. The van der Waals surface area contributed by atoms with Gasteiger partial charge in [-0.25, -0.2) is 4.98 Å². The zero-order valence-corrected chi connectivity index (χ0v) is 19.2. The number of rotatable bonds is 5. The van der Waals surface area contributed by atoms with E-state index in [1.54, 1.807) is 6.20 Å². The molecule has 1 saturated heterocycles. The van der Waals surface area contributed by atoms with Crippen LogP contribution in [0.2, 0.25) is 5.02 Å². The van der Waals surface area contributed by atoms with E-state index >= 15 is 0 Å². The molecular weight excluding hydrogens is 438 g/mol. The molecular formula is C25H28ClN5O2. The van der Waals surface area contributed by atoms with Crippen LogP contribution >= 0.6 is 11.6 Å². The molecule has 7 nitrogen and oxygen atoms in total. The van der Waals surface area contributed by atoms with Crippen LogP contribution < -0.4 is 10.1 Å². The molecule has 4 heterocycles. The molecule has 0 spiro atoms. The zero-order chi connectivity index (χ0) is 22.2. The van der Waals surface area contributed by atoms with Crippen LogP contribution in [0.3, 0.4) is 0 Å². The number of benzene rings is 1. The summed E-state index contributed by atoms with van der Waals surface area (Å²) in [5.74, 6) is 3.16. The van der Waals surface area contributed by atoms with E-state index < -0.39 is 0 Å². The third kappa shape index (κ3) is 4.37. The zero-order valence-electron chi connectivity index (χ0n) is 18.5. The van der Waals surface area contributed by atoms with Gasteiger partial charge >= 0.3 is 0 Å². The van der Waals surface area contributed by atoms with Gasteiger partial charge in [0.25, 0.3) is 0 Å². The van der Waals surface area contributed by atoms with Crippen LogP contribution in [0.25, 0.3) is 5.69 Å². The van der Waals surface area contributed by atoms with Crippen LogP contribution in [0.1, 0.15) is 48.8 Å². The first kappa shape index (κ1) is 21.1. The third-order valence-corrected chi connectivity index (χ3v) is 7.24. The number of nitrogens with one attached hydrogen (secondary N) is 1. The highest BCUT2D eigenvalue weighted by Crippen LogP contribution is 2.37. The van der Waals surface area contributed by atoms with Crippen molar-refractivity contribution < 1.29 is 9.47 Å². The van der Waals surface area contributed by atoms with Crippen molar-refractivity contribution >= 4 is 11.6 Å². The SMILES string of the molecule is Clc1ccc2c(c1)CC(NC1COC1)Cc1nnc(C3CCC(Oc4ccccn4)CC3)n1-2. The van der Waals surface area contributed by atoms with Crippen LogP contribution in [0, 0.1) is 0 Å². The van der Waals surface area contributed by atoms with Gasteiger partial charge in [0.05, 0.1) is 24.9 Å². The van der Waals surface area contributed by atoms with Gasteiger partial charge in [-0.3, -0.25) is 4.57 Å². The fraction of sp³-hybridized carbons (Fsp3) is 0.480. The second-order valence-electron chi connectivity index (χ2n) is 9.35. The molecule has 2 aromatic heterocycles. The average molecular weight is 466 g/mol. The molecule has 0 amide bonds. The number of hydrogen-bond donors (Lipinski definition) is 1. The molecule has 33 heavy (non-hydrogen) atoms. The van der Waals surface area contributed by atoms with E-state index in [-0.39, 0.29) is 12.1 Å². The second-order valence-corrected chi connectivity index (χ2v) is 9.78. The number of pyridine rings is 1. The fourth-order valence-corrected chi connectivity index (χ4v) is 5.49. The number of nitrogens with zero attached hydrogens (tertiary/aromatic N) is 4. The van der Waals surface area contributed by atoms with Crippen molar-refractivity contribution in [3.63, 3.8) is 0 Å². The lowest BCUT2D eigenvalue weighted by Gasteiger charge is -2.31. The monoisotopic (exact) mass is 465 g/mol. The van der Waals surface area contributed by atoms with E-state index in [0.29, 0.717) is 17.8 Å². The number of aromatic nitrogens is 4. The highest BCUT2D eigenvalue weighted by Gasteiger charge is 2.33. The summed E-state index contributed by atoms with van der Waals surface area (Å²) in [6, 6.07) is 12.7. The number of halogens is 1. The molecule has 1 unspecified atom stereocenters. The van der Waals surface area contributed by atoms with E-state index in [4.69, 9.17) is 26.2 Å². The Morgan fingerprint density at radius 1 is 1.00 bits per heavy atom. The van der Waals surface area contributed by atoms with Crippen LogP contribution in [-0.2, 0) is 17.6 Å². The molecule has 2 aliphatic heterocycles. The summed E-state index contributed by atoms with van der Waals surface area (Å²) in [6.07, 6.45) is 7.77. The van der Waals surface area contributed by atoms with Gasteiger partial charge in [-0.1, -0.05) is 17.7 Å². The number of fused-ring (bicyclic) bond motifs is 3. The minimum atomic E-state index is 0.201. The summed E-state index contributed by atoms with van der Waals surface area (Å²) in [6.45, 7) is 1.56. The molecule has 172 valence electrons. The van der Waals surface area contributed by atoms with Gasteiger partial charge in [-0.15, -0.1) is 10.2 Å². The van der Waals surface area contributed by atoms with E-state index in [1.807, 2.05) is 24.3 Å². The van der Waals surface area contributed by atoms with Crippen molar-refractivity contribution in [1.29, 1.82) is 0 Å². The van der Waals surface area contributed by atoms with Crippen molar-refractivity contribution in [2.24, 2.45) is 0 Å². The summed E-state index contributed by atoms with van der Waals surface area (Å²) in [7, 11) is 0. The summed E-state index contributed by atoms with van der Waals surface area (Å²) in [4.78, 5) is 4.31.